The smallest absolute Gasteiger partial charge is 0.164 e. The summed E-state index contributed by atoms with van der Waals surface area (Å²) >= 11 is 0. The Morgan fingerprint density at radius 1 is 0.818 bits per heavy atom. The number of ketones is 1. The van der Waals surface area contributed by atoms with Gasteiger partial charge in [-0.05, 0) is 54.5 Å². The maximum atomic E-state index is 12.2. The predicted molar refractivity (Wildman–Crippen MR) is 183 cm³/mol. The zero-order valence-electron chi connectivity index (χ0n) is 28.6. The number of aliphatic hydroxyl groups is 1. The van der Waals surface area contributed by atoms with E-state index in [0.717, 1.165) is 59.2 Å². The molecule has 239 valence electrons. The Hall–Kier alpha value is -2.88. The number of aliphatic hydroxyl groups excluding tert-OH is 1. The summed E-state index contributed by atoms with van der Waals surface area (Å²) < 4.78 is 0. The molecule has 0 bridgehead atoms. The van der Waals surface area contributed by atoms with Crippen molar-refractivity contribution in [3.63, 3.8) is 0 Å². The van der Waals surface area contributed by atoms with Gasteiger partial charge in [-0.1, -0.05) is 106 Å². The first-order chi connectivity index (χ1) is 20.1. The number of rotatable bonds is 8. The van der Waals surface area contributed by atoms with Crippen LogP contribution in [0.15, 0.2) is 60.4 Å². The Morgan fingerprint density at radius 3 is 1.98 bits per heavy atom. The number of carbonyl (C=O) groups is 1. The van der Waals surface area contributed by atoms with Gasteiger partial charge in [0, 0.05) is 42.4 Å². The van der Waals surface area contributed by atoms with Crippen molar-refractivity contribution < 1.29 is 30.0 Å². The third-order valence-electron chi connectivity index (χ3n) is 9.43. The van der Waals surface area contributed by atoms with Crippen molar-refractivity contribution in [2.24, 2.45) is 10.8 Å². The van der Waals surface area contributed by atoms with Crippen LogP contribution in [0.4, 0.5) is 0 Å². The standard InChI is InChI=1S/C24H23N2.C15H28O2.Ir/c1-15-12-18(14-19(13-15)24(3,4)5)22-21-11-10-17-8-6-7-9-20(17)23(21)26-16(2)25-22;1-7-14(5,8-2)12(16)11-13(17)15(6,9-3)10-4;/h6-11,13-14H,1-5H3;11,16H,7-10H2,1-6H3;/q-1;;/b;12-11-;. The summed E-state index contributed by atoms with van der Waals surface area (Å²) in [7, 11) is 0. The Balaban J connectivity index is 0.000000331. The van der Waals surface area contributed by atoms with Crippen LogP contribution in [0, 0.1) is 30.7 Å². The molecule has 0 saturated heterocycles. The monoisotopic (exact) mass is 772 g/mol. The maximum absolute atomic E-state index is 12.2. The molecule has 0 atom stereocenters. The summed E-state index contributed by atoms with van der Waals surface area (Å²) in [6.07, 6.45) is 4.75. The van der Waals surface area contributed by atoms with Crippen LogP contribution < -0.4 is 0 Å². The van der Waals surface area contributed by atoms with E-state index in [1.54, 1.807) is 0 Å². The summed E-state index contributed by atoms with van der Waals surface area (Å²) in [4.78, 5) is 21.7. The van der Waals surface area contributed by atoms with Crippen LogP contribution in [0.1, 0.15) is 105 Å². The maximum Gasteiger partial charge on any atom is 0.164 e. The first kappa shape index (κ1) is 37.3. The molecule has 4 aromatic rings. The molecule has 3 aromatic carbocycles. The Kier molecular flexibility index (Phi) is 12.7. The second kappa shape index (κ2) is 14.9. The van der Waals surface area contributed by atoms with Gasteiger partial charge in [-0.25, -0.2) is 4.98 Å². The van der Waals surface area contributed by atoms with E-state index < -0.39 is 0 Å². The molecule has 1 heterocycles. The van der Waals surface area contributed by atoms with Crippen molar-refractivity contribution in [2.75, 3.05) is 0 Å². The first-order valence-electron chi connectivity index (χ1n) is 15.8. The van der Waals surface area contributed by atoms with Crippen LogP contribution in [0.3, 0.4) is 0 Å². The number of hydrogen-bond acceptors (Lipinski definition) is 4. The van der Waals surface area contributed by atoms with E-state index in [1.807, 2.05) is 48.5 Å². The molecule has 0 unspecified atom stereocenters. The van der Waals surface area contributed by atoms with Gasteiger partial charge >= 0.3 is 0 Å². The number of fused-ring (bicyclic) bond motifs is 3. The van der Waals surface area contributed by atoms with Gasteiger partial charge in [-0.3, -0.25) is 9.78 Å². The molecule has 0 amide bonds. The molecule has 44 heavy (non-hydrogen) atoms. The third-order valence-corrected chi connectivity index (χ3v) is 9.43. The fourth-order valence-corrected chi connectivity index (χ4v) is 5.14. The average Bonchev–Trinajstić information content (AvgIpc) is 2.99. The van der Waals surface area contributed by atoms with Gasteiger partial charge < -0.3 is 5.11 Å². The van der Waals surface area contributed by atoms with E-state index in [2.05, 4.69) is 82.3 Å². The number of aromatic nitrogens is 2. The quantitative estimate of drug-likeness (QED) is 0.0839. The molecular weight excluding hydrogens is 721 g/mol. The van der Waals surface area contributed by atoms with Gasteiger partial charge in [0.05, 0.1) is 5.52 Å². The topological polar surface area (TPSA) is 63.1 Å². The van der Waals surface area contributed by atoms with Gasteiger partial charge in [-0.2, -0.15) is 0 Å². The van der Waals surface area contributed by atoms with Gasteiger partial charge in [0.15, 0.2) is 5.78 Å². The molecule has 4 rings (SSSR count). The number of allylic oxidation sites excluding steroid dienone is 2. The Bertz CT molecular complexity index is 1620. The number of carbonyl (C=O) groups excluding carboxylic acids is 1. The van der Waals surface area contributed by atoms with Crippen molar-refractivity contribution in [3.05, 3.63) is 83.4 Å². The minimum Gasteiger partial charge on any atom is -0.512 e. The van der Waals surface area contributed by atoms with Gasteiger partial charge in [0.2, 0.25) is 0 Å². The zero-order chi connectivity index (χ0) is 32.2. The fourth-order valence-electron chi connectivity index (χ4n) is 5.14. The second-order valence-electron chi connectivity index (χ2n) is 13.4. The van der Waals surface area contributed by atoms with Crippen molar-refractivity contribution in [1.29, 1.82) is 0 Å². The largest absolute Gasteiger partial charge is 0.512 e. The van der Waals surface area contributed by atoms with Crippen LogP contribution in [0.5, 0.6) is 0 Å². The molecule has 0 spiro atoms. The van der Waals surface area contributed by atoms with Crippen LogP contribution >= 0.6 is 0 Å². The van der Waals surface area contributed by atoms with Gasteiger partial charge in [0.1, 0.15) is 11.6 Å². The molecule has 0 saturated carbocycles. The molecule has 0 aliphatic carbocycles. The molecule has 0 aliphatic rings. The number of benzene rings is 3. The fraction of sp³-hybridized carbons (Fsp3) is 0.462. The third kappa shape index (κ3) is 8.23. The van der Waals surface area contributed by atoms with Crippen LogP contribution in [0.2, 0.25) is 0 Å². The summed E-state index contributed by atoms with van der Waals surface area (Å²) in [6, 6.07) is 20.6. The van der Waals surface area contributed by atoms with E-state index in [9.17, 15) is 9.90 Å². The predicted octanol–water partition coefficient (Wildman–Crippen LogP) is 10.8. The Morgan fingerprint density at radius 2 is 1.41 bits per heavy atom. The molecule has 4 nitrogen and oxygen atoms in total. The number of hydrogen-bond donors (Lipinski definition) is 1. The molecule has 5 heteroatoms. The summed E-state index contributed by atoms with van der Waals surface area (Å²) in [6.45, 7) is 22.9. The minimum absolute atomic E-state index is 0. The van der Waals surface area contributed by atoms with Gasteiger partial charge in [0.25, 0.3) is 0 Å². The first-order valence-corrected chi connectivity index (χ1v) is 15.8. The molecular formula is C39H51IrN2O2-. The summed E-state index contributed by atoms with van der Waals surface area (Å²) in [5.41, 5.74) is 4.94. The van der Waals surface area contributed by atoms with Crippen LogP contribution in [-0.4, -0.2) is 20.9 Å². The summed E-state index contributed by atoms with van der Waals surface area (Å²) in [5, 5.41) is 13.6. The minimum atomic E-state index is -0.337. The second-order valence-corrected chi connectivity index (χ2v) is 13.4. The van der Waals surface area contributed by atoms with E-state index in [4.69, 9.17) is 9.97 Å². The number of aryl methyl sites for hydroxylation is 2. The van der Waals surface area contributed by atoms with Crippen molar-refractivity contribution >= 4 is 27.5 Å². The van der Waals surface area contributed by atoms with Crippen LogP contribution in [-0.2, 0) is 30.3 Å². The molecule has 0 aliphatic heterocycles. The SMILES string of the molecule is CCC(C)(CC)C(=O)/C=C(\O)C(C)(CC)CC.Cc1[c-]c(-c2nc(C)nc3c2ccc2ccccc23)cc(C(C)(C)C)c1.[Ir]. The molecule has 0 fully saturated rings. The molecule has 1 N–H and O–H groups in total. The van der Waals surface area contributed by atoms with E-state index in [0.29, 0.717) is 0 Å². The summed E-state index contributed by atoms with van der Waals surface area (Å²) in [5.74, 6) is 1.07. The Labute approximate surface area is 279 Å². The van der Waals surface area contributed by atoms with Gasteiger partial charge in [-0.15, -0.1) is 34.9 Å². The molecule has 1 radical (unpaired) electrons. The number of nitrogens with zero attached hydrogens (tertiary/aromatic N) is 2. The van der Waals surface area contributed by atoms with E-state index in [-0.39, 0.29) is 47.9 Å². The van der Waals surface area contributed by atoms with Crippen molar-refractivity contribution in [2.45, 2.75) is 107 Å². The van der Waals surface area contributed by atoms with Crippen LogP contribution in [0.25, 0.3) is 32.9 Å². The average molecular weight is 772 g/mol. The normalized spacial score (nSPS) is 12.5. The van der Waals surface area contributed by atoms with E-state index in [1.165, 1.54) is 22.4 Å². The molecule has 1 aromatic heterocycles. The van der Waals surface area contributed by atoms with Crippen molar-refractivity contribution in [1.82, 2.24) is 9.97 Å². The van der Waals surface area contributed by atoms with Crippen molar-refractivity contribution in [3.8, 4) is 11.3 Å². The van der Waals surface area contributed by atoms with E-state index >= 15 is 0 Å². The zero-order valence-corrected chi connectivity index (χ0v) is 31.0.